The molecule has 0 aliphatic carbocycles. The molecular formula is C13H25N3O4S. The molecule has 0 bridgehead atoms. The summed E-state index contributed by atoms with van der Waals surface area (Å²) < 4.78 is 31.3. The number of carbonyl (C=O) groups is 1. The number of nitrogens with zero attached hydrogens (tertiary/aromatic N) is 1. The summed E-state index contributed by atoms with van der Waals surface area (Å²) >= 11 is 0. The molecule has 2 N–H and O–H groups in total. The zero-order valence-corrected chi connectivity index (χ0v) is 13.5. The van der Waals surface area contributed by atoms with E-state index in [1.54, 1.807) is 11.8 Å². The molecule has 8 heteroatoms. The third-order valence-corrected chi connectivity index (χ3v) is 5.57. The number of sulfonamides is 1. The maximum absolute atomic E-state index is 12.1. The second kappa shape index (κ2) is 6.60. The highest BCUT2D eigenvalue weighted by atomic mass is 32.2. The average molecular weight is 319 g/mol. The third-order valence-electron chi connectivity index (χ3n) is 4.12. The quantitative estimate of drug-likeness (QED) is 0.676. The number of amides is 1. The van der Waals surface area contributed by atoms with Gasteiger partial charge in [-0.05, 0) is 26.7 Å². The van der Waals surface area contributed by atoms with Crippen LogP contribution in [0.3, 0.4) is 0 Å². The summed E-state index contributed by atoms with van der Waals surface area (Å²) in [6, 6.07) is -0.0618. The molecule has 2 saturated heterocycles. The topological polar surface area (TPSA) is 87.7 Å². The highest BCUT2D eigenvalue weighted by Crippen LogP contribution is 2.16. The highest BCUT2D eigenvalue weighted by molar-refractivity contribution is 7.89. The van der Waals surface area contributed by atoms with Gasteiger partial charge in [-0.15, -0.1) is 0 Å². The van der Waals surface area contributed by atoms with Crippen LogP contribution in [0.2, 0.25) is 0 Å². The highest BCUT2D eigenvalue weighted by Gasteiger charge is 2.34. The standard InChI is InChI=1S/C13H25N3O4S/c1-3-21(18,19)15-11-4-6-16(7-5-11)12(17)8-20-13(2)9-14-10-13/h11,14-15H,3-10H2,1-2H3. The second-order valence-electron chi connectivity index (χ2n) is 6.02. The van der Waals surface area contributed by atoms with E-state index >= 15 is 0 Å². The lowest BCUT2D eigenvalue weighted by molar-refractivity contribution is -0.147. The fourth-order valence-electron chi connectivity index (χ4n) is 2.49. The fraction of sp³-hybridized carbons (Fsp3) is 0.923. The largest absolute Gasteiger partial charge is 0.363 e. The number of hydrogen-bond donors (Lipinski definition) is 2. The monoisotopic (exact) mass is 319 g/mol. The van der Waals surface area contributed by atoms with Gasteiger partial charge in [0.05, 0.1) is 11.4 Å². The molecule has 0 saturated carbocycles. The normalized spacial score (nSPS) is 22.9. The summed E-state index contributed by atoms with van der Waals surface area (Å²) in [4.78, 5) is 13.8. The van der Waals surface area contributed by atoms with Crippen LogP contribution in [0.25, 0.3) is 0 Å². The van der Waals surface area contributed by atoms with E-state index in [-0.39, 0.29) is 29.9 Å². The summed E-state index contributed by atoms with van der Waals surface area (Å²) in [7, 11) is -3.17. The zero-order chi connectivity index (χ0) is 15.5. The van der Waals surface area contributed by atoms with Gasteiger partial charge >= 0.3 is 0 Å². The fourth-order valence-corrected chi connectivity index (χ4v) is 3.40. The summed E-state index contributed by atoms with van der Waals surface area (Å²) in [6.07, 6.45) is 1.31. The Morgan fingerprint density at radius 2 is 2.00 bits per heavy atom. The first-order valence-corrected chi connectivity index (χ1v) is 9.11. The number of likely N-dealkylation sites (tertiary alicyclic amines) is 1. The van der Waals surface area contributed by atoms with E-state index in [0.29, 0.717) is 25.9 Å². The van der Waals surface area contributed by atoms with E-state index in [1.165, 1.54) is 0 Å². The molecule has 0 spiro atoms. The van der Waals surface area contributed by atoms with Gasteiger partial charge in [-0.25, -0.2) is 13.1 Å². The zero-order valence-electron chi connectivity index (χ0n) is 12.7. The lowest BCUT2D eigenvalue weighted by Gasteiger charge is -2.39. The predicted molar refractivity (Wildman–Crippen MR) is 79.4 cm³/mol. The number of rotatable bonds is 6. The van der Waals surface area contributed by atoms with Gasteiger partial charge in [-0.2, -0.15) is 0 Å². The van der Waals surface area contributed by atoms with Crippen LogP contribution in [0.5, 0.6) is 0 Å². The Balaban J connectivity index is 1.71. The Morgan fingerprint density at radius 3 is 2.48 bits per heavy atom. The van der Waals surface area contributed by atoms with E-state index < -0.39 is 10.0 Å². The molecule has 2 heterocycles. The average Bonchev–Trinajstić information content (AvgIpc) is 2.43. The Morgan fingerprint density at radius 1 is 1.38 bits per heavy atom. The van der Waals surface area contributed by atoms with Crippen LogP contribution in [-0.4, -0.2) is 69.4 Å². The SMILES string of the molecule is CCS(=O)(=O)NC1CCN(C(=O)COC2(C)CNC2)CC1. The molecule has 0 aromatic heterocycles. The van der Waals surface area contributed by atoms with E-state index in [4.69, 9.17) is 4.74 Å². The number of piperidine rings is 1. The Kier molecular flexibility index (Phi) is 5.24. The van der Waals surface area contributed by atoms with Gasteiger partial charge in [0.15, 0.2) is 0 Å². The van der Waals surface area contributed by atoms with E-state index in [2.05, 4.69) is 10.0 Å². The first-order chi connectivity index (χ1) is 9.84. The lowest BCUT2D eigenvalue weighted by atomic mass is 10.0. The van der Waals surface area contributed by atoms with E-state index in [0.717, 1.165) is 13.1 Å². The third kappa shape index (κ3) is 4.64. The van der Waals surface area contributed by atoms with Crippen molar-refractivity contribution < 1.29 is 17.9 Å². The van der Waals surface area contributed by atoms with Crippen molar-refractivity contribution >= 4 is 15.9 Å². The van der Waals surface area contributed by atoms with Crippen LogP contribution >= 0.6 is 0 Å². The first kappa shape index (κ1) is 16.7. The van der Waals surface area contributed by atoms with Crippen molar-refractivity contribution in [2.45, 2.75) is 38.3 Å². The Labute approximate surface area is 126 Å². The van der Waals surface area contributed by atoms with Crippen molar-refractivity contribution in [3.8, 4) is 0 Å². The molecule has 21 heavy (non-hydrogen) atoms. The van der Waals surface area contributed by atoms with Crippen LogP contribution in [0.4, 0.5) is 0 Å². The number of hydrogen-bond acceptors (Lipinski definition) is 5. The summed E-state index contributed by atoms with van der Waals surface area (Å²) in [5, 5.41) is 3.12. The smallest absolute Gasteiger partial charge is 0.248 e. The van der Waals surface area contributed by atoms with Crippen LogP contribution in [0.15, 0.2) is 0 Å². The predicted octanol–water partition coefficient (Wildman–Crippen LogP) is -0.705. The van der Waals surface area contributed by atoms with Crippen LogP contribution < -0.4 is 10.0 Å². The molecule has 7 nitrogen and oxygen atoms in total. The van der Waals surface area contributed by atoms with Crippen molar-refractivity contribution in [1.82, 2.24) is 14.9 Å². The summed E-state index contributed by atoms with van der Waals surface area (Å²) in [5.41, 5.74) is -0.218. The van der Waals surface area contributed by atoms with Crippen LogP contribution in [-0.2, 0) is 19.6 Å². The molecule has 0 unspecified atom stereocenters. The maximum Gasteiger partial charge on any atom is 0.248 e. The number of ether oxygens (including phenoxy) is 1. The number of carbonyl (C=O) groups excluding carboxylic acids is 1. The Bertz CT molecular complexity index is 468. The summed E-state index contributed by atoms with van der Waals surface area (Å²) in [6.45, 7) is 6.42. The molecule has 122 valence electrons. The van der Waals surface area contributed by atoms with E-state index in [9.17, 15) is 13.2 Å². The van der Waals surface area contributed by atoms with Crippen molar-refractivity contribution in [2.24, 2.45) is 0 Å². The van der Waals surface area contributed by atoms with Gasteiger partial charge in [-0.1, -0.05) is 0 Å². The number of nitrogens with one attached hydrogen (secondary N) is 2. The van der Waals surface area contributed by atoms with Crippen LogP contribution in [0, 0.1) is 0 Å². The lowest BCUT2D eigenvalue weighted by Crippen LogP contribution is -2.60. The molecular weight excluding hydrogens is 294 g/mol. The van der Waals surface area contributed by atoms with E-state index in [1.807, 2.05) is 6.92 Å². The van der Waals surface area contributed by atoms with Gasteiger partial charge in [-0.3, -0.25) is 4.79 Å². The minimum atomic E-state index is -3.17. The molecule has 0 atom stereocenters. The minimum Gasteiger partial charge on any atom is -0.363 e. The van der Waals surface area contributed by atoms with Gasteiger partial charge in [0, 0.05) is 32.2 Å². The van der Waals surface area contributed by atoms with Crippen molar-refractivity contribution in [3.05, 3.63) is 0 Å². The van der Waals surface area contributed by atoms with Crippen molar-refractivity contribution in [1.29, 1.82) is 0 Å². The molecule has 1 amide bonds. The minimum absolute atomic E-state index is 0.0140. The molecule has 0 aromatic carbocycles. The van der Waals surface area contributed by atoms with Gasteiger partial charge in [0.25, 0.3) is 0 Å². The van der Waals surface area contributed by atoms with Gasteiger partial charge < -0.3 is 15.0 Å². The van der Waals surface area contributed by atoms with Crippen molar-refractivity contribution in [2.75, 3.05) is 38.5 Å². The first-order valence-electron chi connectivity index (χ1n) is 7.46. The molecule has 2 rings (SSSR count). The molecule has 0 aromatic rings. The molecule has 2 fully saturated rings. The molecule has 0 radical (unpaired) electrons. The van der Waals surface area contributed by atoms with Crippen molar-refractivity contribution in [3.63, 3.8) is 0 Å². The molecule has 2 aliphatic heterocycles. The second-order valence-corrected chi connectivity index (χ2v) is 8.06. The summed E-state index contributed by atoms with van der Waals surface area (Å²) in [5.74, 6) is 0.0759. The van der Waals surface area contributed by atoms with Gasteiger partial charge in [0.2, 0.25) is 15.9 Å². The molecule has 2 aliphatic rings. The van der Waals surface area contributed by atoms with Gasteiger partial charge in [0.1, 0.15) is 6.61 Å². The Hall–Kier alpha value is -0.700. The van der Waals surface area contributed by atoms with Crippen LogP contribution in [0.1, 0.15) is 26.7 Å². The maximum atomic E-state index is 12.1.